The molecule has 0 bridgehead atoms. The van der Waals surface area contributed by atoms with Crippen LogP contribution in [0.25, 0.3) is 11.4 Å². The van der Waals surface area contributed by atoms with Crippen molar-refractivity contribution in [1.82, 2.24) is 14.9 Å². The van der Waals surface area contributed by atoms with Gasteiger partial charge in [-0.15, -0.1) is 0 Å². The first-order valence-electron chi connectivity index (χ1n) is 10.5. The number of hydrogen-bond acceptors (Lipinski definition) is 5. The van der Waals surface area contributed by atoms with Crippen molar-refractivity contribution in [2.75, 3.05) is 13.1 Å². The van der Waals surface area contributed by atoms with Crippen molar-refractivity contribution in [1.29, 1.82) is 0 Å². The van der Waals surface area contributed by atoms with Gasteiger partial charge >= 0.3 is 0 Å². The number of piperidine rings is 1. The zero-order chi connectivity index (χ0) is 20.4. The van der Waals surface area contributed by atoms with Crippen molar-refractivity contribution in [3.8, 4) is 11.4 Å². The monoisotopic (exact) mass is 411 g/mol. The first kappa shape index (κ1) is 20.4. The molecule has 1 saturated heterocycles. The summed E-state index contributed by atoms with van der Waals surface area (Å²) in [4.78, 5) is 24.7. The molecule has 1 aromatic heterocycles. The molecule has 0 radical (unpaired) electrons. The van der Waals surface area contributed by atoms with Gasteiger partial charge < -0.3 is 9.64 Å². The van der Waals surface area contributed by atoms with Crippen LogP contribution in [-0.4, -0.2) is 44.7 Å². The van der Waals surface area contributed by atoms with Gasteiger partial charge in [-0.2, -0.15) is 0 Å². The van der Waals surface area contributed by atoms with Crippen LogP contribution in [0.15, 0.2) is 35.4 Å². The van der Waals surface area contributed by atoms with Crippen LogP contribution in [0.3, 0.4) is 0 Å². The second kappa shape index (κ2) is 8.44. The summed E-state index contributed by atoms with van der Waals surface area (Å²) in [7, 11) is 0. The molecule has 1 aromatic carbocycles. The molecular weight excluding hydrogens is 382 g/mol. The first-order chi connectivity index (χ1) is 13.9. The predicted octanol–water partition coefficient (Wildman–Crippen LogP) is 4.49. The first-order valence-corrected chi connectivity index (χ1v) is 11.4. The number of likely N-dealkylation sites (tertiary alicyclic amines) is 1. The molecule has 6 heteroatoms. The van der Waals surface area contributed by atoms with Crippen molar-refractivity contribution in [3.63, 3.8) is 0 Å². The normalized spacial score (nSPS) is 19.5. The number of ether oxygens (including phenoxy) is 1. The van der Waals surface area contributed by atoms with Crippen molar-refractivity contribution >= 4 is 17.7 Å². The lowest BCUT2D eigenvalue weighted by molar-refractivity contribution is -0.131. The number of thioether (sulfide) groups is 1. The van der Waals surface area contributed by atoms with Gasteiger partial charge in [-0.05, 0) is 40.0 Å². The number of aromatic nitrogens is 2. The van der Waals surface area contributed by atoms with Gasteiger partial charge in [0.25, 0.3) is 0 Å². The molecule has 1 atom stereocenters. The summed E-state index contributed by atoms with van der Waals surface area (Å²) in [6.45, 7) is 8.41. The molecule has 1 fully saturated rings. The number of rotatable bonds is 4. The fraction of sp³-hybridized carbons (Fsp3) is 0.522. The number of nitrogens with zero attached hydrogens (tertiary/aromatic N) is 3. The summed E-state index contributed by atoms with van der Waals surface area (Å²) in [5.41, 5.74) is 2.82. The molecule has 0 N–H and O–H groups in total. The highest BCUT2D eigenvalue weighted by Gasteiger charge is 2.32. The van der Waals surface area contributed by atoms with Crippen LogP contribution in [0.5, 0.6) is 0 Å². The Morgan fingerprint density at radius 3 is 2.59 bits per heavy atom. The van der Waals surface area contributed by atoms with Crippen molar-refractivity contribution < 1.29 is 9.53 Å². The van der Waals surface area contributed by atoms with E-state index in [-0.39, 0.29) is 16.8 Å². The van der Waals surface area contributed by atoms with Gasteiger partial charge in [0, 0.05) is 30.6 Å². The second-order valence-electron chi connectivity index (χ2n) is 8.51. The van der Waals surface area contributed by atoms with E-state index >= 15 is 0 Å². The van der Waals surface area contributed by atoms with Gasteiger partial charge in [0.05, 0.1) is 23.2 Å². The highest BCUT2D eigenvalue weighted by molar-refractivity contribution is 8.00. The average molecular weight is 412 g/mol. The maximum atomic E-state index is 13.0. The molecule has 0 aliphatic carbocycles. The molecule has 4 rings (SSSR count). The minimum atomic E-state index is -0.244. The third-order valence-electron chi connectivity index (χ3n) is 5.59. The van der Waals surface area contributed by atoms with E-state index in [1.807, 2.05) is 42.2 Å². The lowest BCUT2D eigenvalue weighted by Gasteiger charge is -2.32. The topological polar surface area (TPSA) is 55.3 Å². The summed E-state index contributed by atoms with van der Waals surface area (Å²) in [6, 6.07) is 10.1. The molecule has 2 aromatic rings. The predicted molar refractivity (Wildman–Crippen MR) is 116 cm³/mol. The van der Waals surface area contributed by atoms with Crippen LogP contribution in [0, 0.1) is 0 Å². The Hall–Kier alpha value is -1.92. The zero-order valence-corrected chi connectivity index (χ0v) is 18.3. The fourth-order valence-electron chi connectivity index (χ4n) is 3.92. The summed E-state index contributed by atoms with van der Waals surface area (Å²) in [5, 5.41) is 0.702. The minimum absolute atomic E-state index is 0.175. The van der Waals surface area contributed by atoms with E-state index in [0.29, 0.717) is 6.61 Å². The van der Waals surface area contributed by atoms with Gasteiger partial charge in [-0.1, -0.05) is 42.1 Å². The Kier molecular flexibility index (Phi) is 5.93. The minimum Gasteiger partial charge on any atom is -0.370 e. The summed E-state index contributed by atoms with van der Waals surface area (Å²) in [5.74, 6) is 0.933. The third-order valence-corrected chi connectivity index (χ3v) is 6.71. The maximum Gasteiger partial charge on any atom is 0.235 e. The quantitative estimate of drug-likeness (QED) is 0.548. The lowest BCUT2D eigenvalue weighted by Crippen LogP contribution is -2.40. The van der Waals surface area contributed by atoms with Gasteiger partial charge in [0.2, 0.25) is 5.91 Å². The maximum absolute atomic E-state index is 13.0. The van der Waals surface area contributed by atoms with Gasteiger partial charge in [-0.3, -0.25) is 4.79 Å². The molecule has 3 heterocycles. The van der Waals surface area contributed by atoms with E-state index < -0.39 is 0 Å². The highest BCUT2D eigenvalue weighted by Crippen LogP contribution is 2.36. The van der Waals surface area contributed by atoms with E-state index in [9.17, 15) is 4.79 Å². The smallest absolute Gasteiger partial charge is 0.235 e. The van der Waals surface area contributed by atoms with Crippen LogP contribution in [0.4, 0.5) is 0 Å². The Labute approximate surface area is 177 Å². The zero-order valence-electron chi connectivity index (χ0n) is 17.5. The number of benzene rings is 1. The molecule has 5 nitrogen and oxygen atoms in total. The van der Waals surface area contributed by atoms with Crippen LogP contribution >= 0.6 is 11.8 Å². The lowest BCUT2D eigenvalue weighted by atomic mass is 9.96. The SMILES string of the molecule is C[C@H](Sc1nc(-c2ccccc2)nc2c1COC(C)(C)C2)C(=O)N1CCCCC1. The van der Waals surface area contributed by atoms with E-state index in [2.05, 4.69) is 13.8 Å². The van der Waals surface area contributed by atoms with Crippen LogP contribution in [0.1, 0.15) is 51.3 Å². The molecule has 29 heavy (non-hydrogen) atoms. The second-order valence-corrected chi connectivity index (χ2v) is 9.84. The standard InChI is InChI=1S/C23H29N3O2S/c1-16(22(27)26-12-8-5-9-13-26)29-21-18-15-28-23(2,3)14-19(18)24-20(25-21)17-10-6-4-7-11-17/h4,6-7,10-11,16H,5,8-9,12-15H2,1-3H3/t16-/m0/s1. The van der Waals surface area contributed by atoms with Crippen molar-refractivity contribution in [3.05, 3.63) is 41.6 Å². The molecule has 0 spiro atoms. The molecule has 154 valence electrons. The molecule has 1 amide bonds. The Balaban J connectivity index is 1.65. The molecule has 2 aliphatic heterocycles. The van der Waals surface area contributed by atoms with E-state index in [1.54, 1.807) is 11.8 Å². The summed E-state index contributed by atoms with van der Waals surface area (Å²) < 4.78 is 6.05. The van der Waals surface area contributed by atoms with Crippen LogP contribution in [-0.2, 0) is 22.6 Å². The van der Waals surface area contributed by atoms with E-state index in [1.165, 1.54) is 6.42 Å². The van der Waals surface area contributed by atoms with Gasteiger partial charge in [0.15, 0.2) is 5.82 Å². The largest absolute Gasteiger partial charge is 0.370 e. The summed E-state index contributed by atoms with van der Waals surface area (Å²) in [6.07, 6.45) is 4.17. The molecule has 2 aliphatic rings. The van der Waals surface area contributed by atoms with E-state index in [4.69, 9.17) is 14.7 Å². The Morgan fingerprint density at radius 1 is 1.14 bits per heavy atom. The average Bonchev–Trinajstić information content (AvgIpc) is 2.73. The van der Waals surface area contributed by atoms with Crippen LogP contribution < -0.4 is 0 Å². The number of amides is 1. The number of fused-ring (bicyclic) bond motifs is 1. The molecule has 0 saturated carbocycles. The summed E-state index contributed by atoms with van der Waals surface area (Å²) >= 11 is 1.55. The number of hydrogen-bond donors (Lipinski definition) is 0. The van der Waals surface area contributed by atoms with Gasteiger partial charge in [-0.25, -0.2) is 9.97 Å². The third kappa shape index (κ3) is 4.64. The van der Waals surface area contributed by atoms with E-state index in [0.717, 1.165) is 60.0 Å². The number of carbonyl (C=O) groups is 1. The highest BCUT2D eigenvalue weighted by atomic mass is 32.2. The Morgan fingerprint density at radius 2 is 1.86 bits per heavy atom. The van der Waals surface area contributed by atoms with Gasteiger partial charge in [0.1, 0.15) is 5.03 Å². The van der Waals surface area contributed by atoms with Crippen LogP contribution in [0.2, 0.25) is 0 Å². The fourth-order valence-corrected chi connectivity index (χ4v) is 4.97. The molecule has 0 unspecified atom stereocenters. The Bertz CT molecular complexity index is 879. The number of carbonyl (C=O) groups excluding carboxylic acids is 1. The van der Waals surface area contributed by atoms with Crippen molar-refractivity contribution in [2.45, 2.75) is 68.9 Å². The van der Waals surface area contributed by atoms with Crippen molar-refractivity contribution in [2.24, 2.45) is 0 Å². The molecular formula is C23H29N3O2S.